The minimum absolute atomic E-state index is 0.169. The maximum absolute atomic E-state index is 11.8. The van der Waals surface area contributed by atoms with Gasteiger partial charge in [0.2, 0.25) is 0 Å². The fraction of sp³-hybridized carbons (Fsp3) is 0.214. The standard InChI is InChI=1S/C14H15N5O4/c1-8-5-9(2)19(18-8)11-4-3-10(6-16-11)13(21)23-7-12(20)17-14(15)22/h3-6H,7H2,1-2H3,(H3,15,17,20,22). The number of primary amides is 1. The number of nitrogens with one attached hydrogen (secondary N) is 1. The molecule has 0 saturated heterocycles. The molecule has 9 nitrogen and oxygen atoms in total. The van der Waals surface area contributed by atoms with Crippen LogP contribution in [0, 0.1) is 13.8 Å². The lowest BCUT2D eigenvalue weighted by atomic mass is 10.3. The molecule has 3 N–H and O–H groups in total. The highest BCUT2D eigenvalue weighted by Crippen LogP contribution is 2.10. The van der Waals surface area contributed by atoms with Gasteiger partial charge in [0.1, 0.15) is 0 Å². The van der Waals surface area contributed by atoms with Crippen molar-refractivity contribution in [2.75, 3.05) is 6.61 Å². The quantitative estimate of drug-likeness (QED) is 0.777. The van der Waals surface area contributed by atoms with E-state index in [1.165, 1.54) is 12.3 Å². The number of rotatable bonds is 4. The molecule has 2 heterocycles. The molecule has 0 fully saturated rings. The summed E-state index contributed by atoms with van der Waals surface area (Å²) < 4.78 is 6.39. The van der Waals surface area contributed by atoms with E-state index in [-0.39, 0.29) is 5.56 Å². The van der Waals surface area contributed by atoms with Gasteiger partial charge in [-0.2, -0.15) is 5.10 Å². The smallest absolute Gasteiger partial charge is 0.340 e. The SMILES string of the molecule is Cc1cc(C)n(-c2ccc(C(=O)OCC(=O)NC(N)=O)cn2)n1. The first-order valence-corrected chi connectivity index (χ1v) is 6.63. The summed E-state index contributed by atoms with van der Waals surface area (Å²) in [5.41, 5.74) is 6.70. The summed E-state index contributed by atoms with van der Waals surface area (Å²) in [6, 6.07) is 4.01. The molecule has 0 aromatic carbocycles. The number of carbonyl (C=O) groups excluding carboxylic acids is 3. The summed E-state index contributed by atoms with van der Waals surface area (Å²) in [7, 11) is 0. The fourth-order valence-corrected chi connectivity index (χ4v) is 1.88. The van der Waals surface area contributed by atoms with Crippen LogP contribution in [-0.2, 0) is 9.53 Å². The molecule has 0 aliphatic carbocycles. The molecule has 0 aliphatic heterocycles. The zero-order valence-corrected chi connectivity index (χ0v) is 12.6. The molecule has 0 bridgehead atoms. The lowest BCUT2D eigenvalue weighted by Gasteiger charge is -2.06. The van der Waals surface area contributed by atoms with Gasteiger partial charge in [0, 0.05) is 11.9 Å². The van der Waals surface area contributed by atoms with Crippen LogP contribution in [0.1, 0.15) is 21.7 Å². The molecule has 3 amide bonds. The molecule has 0 saturated carbocycles. The number of esters is 1. The summed E-state index contributed by atoms with van der Waals surface area (Å²) in [6.07, 6.45) is 1.32. The number of aromatic nitrogens is 3. The van der Waals surface area contributed by atoms with Gasteiger partial charge in [0.05, 0.1) is 11.3 Å². The minimum atomic E-state index is -1.01. The Labute approximate surface area is 131 Å². The third-order valence-corrected chi connectivity index (χ3v) is 2.81. The lowest BCUT2D eigenvalue weighted by molar-refractivity contribution is -0.123. The predicted molar refractivity (Wildman–Crippen MR) is 78.8 cm³/mol. The molecule has 23 heavy (non-hydrogen) atoms. The van der Waals surface area contributed by atoms with Crippen LogP contribution in [0.5, 0.6) is 0 Å². The van der Waals surface area contributed by atoms with E-state index in [2.05, 4.69) is 10.1 Å². The van der Waals surface area contributed by atoms with E-state index in [9.17, 15) is 14.4 Å². The molecule has 0 atom stereocenters. The minimum Gasteiger partial charge on any atom is -0.452 e. The van der Waals surface area contributed by atoms with Crippen LogP contribution in [0.4, 0.5) is 4.79 Å². The van der Waals surface area contributed by atoms with Crippen molar-refractivity contribution in [2.24, 2.45) is 5.73 Å². The van der Waals surface area contributed by atoms with Crippen molar-refractivity contribution < 1.29 is 19.1 Å². The third-order valence-electron chi connectivity index (χ3n) is 2.81. The van der Waals surface area contributed by atoms with Crippen molar-refractivity contribution in [2.45, 2.75) is 13.8 Å². The molecule has 0 radical (unpaired) electrons. The molecule has 9 heteroatoms. The zero-order valence-electron chi connectivity index (χ0n) is 12.6. The Morgan fingerprint density at radius 2 is 2.04 bits per heavy atom. The number of nitrogens with zero attached hydrogens (tertiary/aromatic N) is 3. The largest absolute Gasteiger partial charge is 0.452 e. The molecule has 2 aromatic heterocycles. The maximum Gasteiger partial charge on any atom is 0.340 e. The first-order chi connectivity index (χ1) is 10.9. The topological polar surface area (TPSA) is 129 Å². The van der Waals surface area contributed by atoms with Gasteiger partial charge in [-0.15, -0.1) is 0 Å². The van der Waals surface area contributed by atoms with Gasteiger partial charge in [-0.25, -0.2) is 19.3 Å². The van der Waals surface area contributed by atoms with Crippen molar-refractivity contribution in [1.29, 1.82) is 0 Å². The lowest BCUT2D eigenvalue weighted by Crippen LogP contribution is -2.37. The highest BCUT2D eigenvalue weighted by atomic mass is 16.5. The van der Waals surface area contributed by atoms with E-state index >= 15 is 0 Å². The number of pyridine rings is 1. The van der Waals surface area contributed by atoms with Crippen LogP contribution in [0.15, 0.2) is 24.4 Å². The number of ether oxygens (including phenoxy) is 1. The van der Waals surface area contributed by atoms with Crippen molar-refractivity contribution in [1.82, 2.24) is 20.1 Å². The Balaban J connectivity index is 2.02. The van der Waals surface area contributed by atoms with E-state index in [1.807, 2.05) is 19.9 Å². The number of imide groups is 1. The number of carbonyl (C=O) groups is 3. The maximum atomic E-state index is 11.8. The molecule has 0 spiro atoms. The Hall–Kier alpha value is -3.23. The summed E-state index contributed by atoms with van der Waals surface area (Å²) in [5, 5.41) is 6.07. The first-order valence-electron chi connectivity index (χ1n) is 6.63. The van der Waals surface area contributed by atoms with Crippen molar-refractivity contribution in [3.05, 3.63) is 41.3 Å². The Kier molecular flexibility index (Phi) is 4.69. The second kappa shape index (κ2) is 6.69. The van der Waals surface area contributed by atoms with Gasteiger partial charge in [-0.05, 0) is 32.0 Å². The molecular formula is C14H15N5O4. The molecular weight excluding hydrogens is 302 g/mol. The van der Waals surface area contributed by atoms with Crippen molar-refractivity contribution in [3.63, 3.8) is 0 Å². The van der Waals surface area contributed by atoms with Gasteiger partial charge in [-0.3, -0.25) is 10.1 Å². The van der Waals surface area contributed by atoms with Gasteiger partial charge < -0.3 is 10.5 Å². The molecule has 0 aliphatic rings. The monoisotopic (exact) mass is 317 g/mol. The summed E-state index contributed by atoms with van der Waals surface area (Å²) in [4.78, 5) is 37.5. The van der Waals surface area contributed by atoms with Crippen LogP contribution >= 0.6 is 0 Å². The van der Waals surface area contributed by atoms with E-state index < -0.39 is 24.5 Å². The first kappa shape index (κ1) is 16.1. The summed E-state index contributed by atoms with van der Waals surface area (Å²) >= 11 is 0. The zero-order chi connectivity index (χ0) is 17.0. The van der Waals surface area contributed by atoms with Crippen LogP contribution < -0.4 is 11.1 Å². The number of nitrogens with two attached hydrogens (primary N) is 1. The van der Waals surface area contributed by atoms with Crippen molar-refractivity contribution in [3.8, 4) is 5.82 Å². The van der Waals surface area contributed by atoms with E-state index in [4.69, 9.17) is 10.5 Å². The molecule has 120 valence electrons. The normalized spacial score (nSPS) is 10.2. The van der Waals surface area contributed by atoms with Crippen molar-refractivity contribution >= 4 is 17.9 Å². The van der Waals surface area contributed by atoms with E-state index in [0.29, 0.717) is 5.82 Å². The number of hydrogen-bond donors (Lipinski definition) is 2. The summed E-state index contributed by atoms with van der Waals surface area (Å²) in [5.74, 6) is -0.992. The van der Waals surface area contributed by atoms with Gasteiger partial charge in [0.15, 0.2) is 12.4 Å². The van der Waals surface area contributed by atoms with Crippen LogP contribution in [0.2, 0.25) is 0 Å². The average Bonchev–Trinajstić information content (AvgIpc) is 2.83. The molecule has 0 unspecified atom stereocenters. The Bertz CT molecular complexity index is 751. The second-order valence-electron chi connectivity index (χ2n) is 4.73. The number of urea groups is 1. The van der Waals surface area contributed by atoms with Crippen LogP contribution in [-0.4, -0.2) is 39.3 Å². The molecule has 2 aromatic rings. The number of aryl methyl sites for hydroxylation is 2. The highest BCUT2D eigenvalue weighted by molar-refractivity contribution is 5.96. The Morgan fingerprint density at radius 1 is 1.30 bits per heavy atom. The predicted octanol–water partition coefficient (Wildman–Crippen LogP) is 0.236. The van der Waals surface area contributed by atoms with E-state index in [0.717, 1.165) is 11.4 Å². The van der Waals surface area contributed by atoms with Gasteiger partial charge >= 0.3 is 12.0 Å². The molecule has 2 rings (SSSR count). The number of amides is 3. The van der Waals surface area contributed by atoms with Crippen LogP contribution in [0.25, 0.3) is 5.82 Å². The number of hydrogen-bond acceptors (Lipinski definition) is 6. The fourth-order valence-electron chi connectivity index (χ4n) is 1.88. The van der Waals surface area contributed by atoms with Gasteiger partial charge in [0.25, 0.3) is 5.91 Å². The average molecular weight is 317 g/mol. The van der Waals surface area contributed by atoms with Gasteiger partial charge in [-0.1, -0.05) is 0 Å². The Morgan fingerprint density at radius 3 is 2.57 bits per heavy atom. The third kappa shape index (κ3) is 4.13. The highest BCUT2D eigenvalue weighted by Gasteiger charge is 2.12. The second-order valence-corrected chi connectivity index (χ2v) is 4.73. The summed E-state index contributed by atoms with van der Waals surface area (Å²) in [6.45, 7) is 3.15. The van der Waals surface area contributed by atoms with E-state index in [1.54, 1.807) is 16.1 Å². The van der Waals surface area contributed by atoms with Crippen LogP contribution in [0.3, 0.4) is 0 Å².